The highest BCUT2D eigenvalue weighted by atomic mass is 16.3. The van der Waals surface area contributed by atoms with Crippen LogP contribution in [-0.2, 0) is 16.8 Å². The molecule has 2 aliphatic heterocycles. The summed E-state index contributed by atoms with van der Waals surface area (Å²) in [4.78, 5) is 20.0. The molecule has 1 unspecified atom stereocenters. The van der Waals surface area contributed by atoms with Crippen LogP contribution in [0.1, 0.15) is 44.2 Å². The highest BCUT2D eigenvalue weighted by Gasteiger charge is 2.34. The van der Waals surface area contributed by atoms with Gasteiger partial charge in [0.05, 0.1) is 5.60 Å². The first-order chi connectivity index (χ1) is 15.4. The second-order valence-corrected chi connectivity index (χ2v) is 9.38. The fourth-order valence-corrected chi connectivity index (χ4v) is 5.10. The minimum absolute atomic E-state index is 0.0199. The number of carbonyl (C=O) groups excluding carboxylic acids is 1. The van der Waals surface area contributed by atoms with E-state index in [4.69, 9.17) is 0 Å². The van der Waals surface area contributed by atoms with Gasteiger partial charge in [-0.2, -0.15) is 0 Å². The van der Waals surface area contributed by atoms with Crippen molar-refractivity contribution in [3.63, 3.8) is 0 Å². The molecule has 0 radical (unpaired) electrons. The Hall–Kier alpha value is -2.37. The van der Waals surface area contributed by atoms with Crippen molar-refractivity contribution in [2.45, 2.75) is 45.1 Å². The van der Waals surface area contributed by atoms with Crippen molar-refractivity contribution in [1.82, 2.24) is 4.90 Å². The van der Waals surface area contributed by atoms with Gasteiger partial charge in [-0.15, -0.1) is 0 Å². The standard InChI is InChI=1S/C27H37N3O2/c1-4-27(32,5-2)23-10-12-24(13-11-23)30-15-14-22(26(30)31)20-21-8-6-7-9-25(21)29-18-16-28(3)17-19-29/h6-13,22,32H,4-5,14-20H2,1-3H3. The van der Waals surface area contributed by atoms with Crippen LogP contribution in [0.5, 0.6) is 0 Å². The van der Waals surface area contributed by atoms with Crippen molar-refractivity contribution in [3.05, 3.63) is 59.7 Å². The Morgan fingerprint density at radius 3 is 2.25 bits per heavy atom. The number of piperazine rings is 1. The lowest BCUT2D eigenvalue weighted by Crippen LogP contribution is -2.44. The molecule has 5 nitrogen and oxygen atoms in total. The number of para-hydroxylation sites is 1. The van der Waals surface area contributed by atoms with Gasteiger partial charge in [-0.25, -0.2) is 0 Å². The van der Waals surface area contributed by atoms with Gasteiger partial charge in [-0.05, 0) is 62.1 Å². The Labute approximate surface area is 192 Å². The molecule has 1 amide bonds. The summed E-state index contributed by atoms with van der Waals surface area (Å²) in [5.74, 6) is 0.235. The Kier molecular flexibility index (Phi) is 6.87. The van der Waals surface area contributed by atoms with E-state index in [0.717, 1.165) is 56.8 Å². The molecule has 2 fully saturated rings. The van der Waals surface area contributed by atoms with Crippen LogP contribution in [0, 0.1) is 5.92 Å². The molecule has 2 aromatic carbocycles. The van der Waals surface area contributed by atoms with Crippen LogP contribution in [0.15, 0.2) is 48.5 Å². The number of nitrogens with zero attached hydrogens (tertiary/aromatic N) is 3. The molecular weight excluding hydrogens is 398 g/mol. The van der Waals surface area contributed by atoms with E-state index in [1.165, 1.54) is 11.3 Å². The first-order valence-corrected chi connectivity index (χ1v) is 12.1. The summed E-state index contributed by atoms with van der Waals surface area (Å²) in [6.07, 6.45) is 3.04. The van der Waals surface area contributed by atoms with Gasteiger partial charge in [0.15, 0.2) is 0 Å². The molecule has 32 heavy (non-hydrogen) atoms. The molecule has 2 aromatic rings. The molecule has 0 saturated carbocycles. The molecule has 0 aliphatic carbocycles. The minimum atomic E-state index is -0.789. The number of hydrogen-bond donors (Lipinski definition) is 1. The Balaban J connectivity index is 1.46. The van der Waals surface area contributed by atoms with E-state index in [1.807, 2.05) is 43.0 Å². The maximum Gasteiger partial charge on any atom is 0.230 e. The highest BCUT2D eigenvalue weighted by molar-refractivity contribution is 5.97. The third-order valence-electron chi connectivity index (χ3n) is 7.50. The molecule has 1 atom stereocenters. The van der Waals surface area contributed by atoms with Crippen molar-refractivity contribution >= 4 is 17.3 Å². The average Bonchev–Trinajstić information content (AvgIpc) is 3.19. The Morgan fingerprint density at radius 2 is 1.59 bits per heavy atom. The second-order valence-electron chi connectivity index (χ2n) is 9.38. The van der Waals surface area contributed by atoms with Crippen molar-refractivity contribution in [2.24, 2.45) is 5.92 Å². The number of likely N-dealkylation sites (N-methyl/N-ethyl adjacent to an activating group) is 1. The summed E-state index contributed by atoms with van der Waals surface area (Å²) in [5, 5.41) is 10.8. The van der Waals surface area contributed by atoms with Gasteiger partial charge in [0.2, 0.25) is 5.91 Å². The van der Waals surface area contributed by atoms with Gasteiger partial charge in [0.1, 0.15) is 0 Å². The molecule has 2 aliphatic rings. The maximum absolute atomic E-state index is 13.3. The lowest BCUT2D eigenvalue weighted by atomic mass is 9.88. The molecule has 1 N–H and O–H groups in total. The lowest BCUT2D eigenvalue weighted by molar-refractivity contribution is -0.120. The summed E-state index contributed by atoms with van der Waals surface area (Å²) in [6.45, 7) is 8.99. The zero-order chi connectivity index (χ0) is 22.7. The van der Waals surface area contributed by atoms with Crippen molar-refractivity contribution < 1.29 is 9.90 Å². The first-order valence-electron chi connectivity index (χ1n) is 12.1. The van der Waals surface area contributed by atoms with Gasteiger partial charge in [0.25, 0.3) is 0 Å². The van der Waals surface area contributed by atoms with Crippen LogP contribution in [0.25, 0.3) is 0 Å². The average molecular weight is 436 g/mol. The molecule has 0 spiro atoms. The first kappa shape index (κ1) is 22.8. The summed E-state index contributed by atoms with van der Waals surface area (Å²) < 4.78 is 0. The van der Waals surface area contributed by atoms with E-state index >= 15 is 0 Å². The van der Waals surface area contributed by atoms with Gasteiger partial charge in [-0.3, -0.25) is 4.79 Å². The SMILES string of the molecule is CCC(O)(CC)c1ccc(N2CCC(Cc3ccccc3N3CCN(C)CC3)C2=O)cc1. The van der Waals surface area contributed by atoms with Crippen molar-refractivity contribution in [1.29, 1.82) is 0 Å². The van der Waals surface area contributed by atoms with Crippen LogP contribution in [0.3, 0.4) is 0 Å². The summed E-state index contributed by atoms with van der Waals surface area (Å²) >= 11 is 0. The van der Waals surface area contributed by atoms with E-state index < -0.39 is 5.60 Å². The number of aliphatic hydroxyl groups is 1. The van der Waals surface area contributed by atoms with E-state index in [1.54, 1.807) is 0 Å². The highest BCUT2D eigenvalue weighted by Crippen LogP contribution is 2.33. The smallest absolute Gasteiger partial charge is 0.230 e. The predicted molar refractivity (Wildman–Crippen MR) is 131 cm³/mol. The van der Waals surface area contributed by atoms with Crippen LogP contribution in [0.4, 0.5) is 11.4 Å². The molecule has 0 aromatic heterocycles. The van der Waals surface area contributed by atoms with Gasteiger partial charge in [-0.1, -0.05) is 44.2 Å². The quantitative estimate of drug-likeness (QED) is 0.713. The molecular formula is C27H37N3O2. The number of carbonyl (C=O) groups is 1. The maximum atomic E-state index is 13.3. The number of benzene rings is 2. The van der Waals surface area contributed by atoms with Crippen LogP contribution in [-0.4, -0.2) is 55.7 Å². The van der Waals surface area contributed by atoms with Gasteiger partial charge in [0, 0.05) is 50.0 Å². The molecule has 172 valence electrons. The van der Waals surface area contributed by atoms with E-state index in [-0.39, 0.29) is 11.8 Å². The Morgan fingerprint density at radius 1 is 0.938 bits per heavy atom. The number of rotatable bonds is 7. The summed E-state index contributed by atoms with van der Waals surface area (Å²) in [5.41, 5.74) is 3.64. The zero-order valence-electron chi connectivity index (χ0n) is 19.8. The van der Waals surface area contributed by atoms with Crippen molar-refractivity contribution in [2.75, 3.05) is 49.6 Å². The van der Waals surface area contributed by atoms with Gasteiger partial charge >= 0.3 is 0 Å². The molecule has 2 heterocycles. The monoisotopic (exact) mass is 435 g/mol. The summed E-state index contributed by atoms with van der Waals surface area (Å²) in [6, 6.07) is 16.5. The number of anilines is 2. The fourth-order valence-electron chi connectivity index (χ4n) is 5.10. The zero-order valence-corrected chi connectivity index (χ0v) is 19.8. The second kappa shape index (κ2) is 9.63. The normalized spacial score (nSPS) is 20.2. The minimum Gasteiger partial charge on any atom is -0.385 e. The number of hydrogen-bond acceptors (Lipinski definition) is 4. The number of amides is 1. The third kappa shape index (κ3) is 4.55. The fraction of sp³-hybridized carbons (Fsp3) is 0.519. The van der Waals surface area contributed by atoms with Crippen molar-refractivity contribution in [3.8, 4) is 0 Å². The van der Waals surface area contributed by atoms with E-state index in [2.05, 4.69) is 41.1 Å². The Bertz CT molecular complexity index is 915. The van der Waals surface area contributed by atoms with Crippen LogP contribution >= 0.6 is 0 Å². The molecule has 0 bridgehead atoms. The predicted octanol–water partition coefficient (Wildman–Crippen LogP) is 4.04. The van der Waals surface area contributed by atoms with E-state index in [9.17, 15) is 9.90 Å². The molecule has 2 saturated heterocycles. The van der Waals surface area contributed by atoms with E-state index in [0.29, 0.717) is 12.8 Å². The topological polar surface area (TPSA) is 47.0 Å². The third-order valence-corrected chi connectivity index (χ3v) is 7.50. The largest absolute Gasteiger partial charge is 0.385 e. The molecule has 4 rings (SSSR count). The van der Waals surface area contributed by atoms with Crippen LogP contribution in [0.2, 0.25) is 0 Å². The molecule has 5 heteroatoms. The van der Waals surface area contributed by atoms with Crippen LogP contribution < -0.4 is 9.80 Å². The van der Waals surface area contributed by atoms with Gasteiger partial charge < -0.3 is 19.8 Å². The summed E-state index contributed by atoms with van der Waals surface area (Å²) in [7, 11) is 2.17. The lowest BCUT2D eigenvalue weighted by Gasteiger charge is -2.35.